The molecule has 4 nitrogen and oxygen atoms in total. The summed E-state index contributed by atoms with van der Waals surface area (Å²) in [7, 11) is 0. The summed E-state index contributed by atoms with van der Waals surface area (Å²) in [4.78, 5) is 24.2. The number of hydrogen-bond donors (Lipinski definition) is 2. The second-order valence-corrected chi connectivity index (χ2v) is 7.47. The van der Waals surface area contributed by atoms with Crippen molar-refractivity contribution < 1.29 is 9.59 Å². The predicted molar refractivity (Wildman–Crippen MR) is 102 cm³/mol. The fraction of sp³-hybridized carbons (Fsp3) is 0.300. The summed E-state index contributed by atoms with van der Waals surface area (Å²) in [5.41, 5.74) is 2.22. The number of thioether (sulfide) groups is 1. The molecule has 1 aliphatic carbocycles. The Morgan fingerprint density at radius 2 is 1.72 bits per heavy atom. The van der Waals surface area contributed by atoms with Crippen LogP contribution in [0, 0.1) is 0 Å². The average Bonchev–Trinajstić information content (AvgIpc) is 3.41. The molecule has 0 unspecified atom stereocenters. The van der Waals surface area contributed by atoms with Crippen molar-refractivity contribution in [1.29, 1.82) is 0 Å². The molecule has 2 amide bonds. The first kappa shape index (κ1) is 17.5. The number of benzene rings is 2. The van der Waals surface area contributed by atoms with Crippen LogP contribution < -0.4 is 10.6 Å². The molecule has 0 atom stereocenters. The molecule has 2 aromatic carbocycles. The summed E-state index contributed by atoms with van der Waals surface area (Å²) < 4.78 is 0. The topological polar surface area (TPSA) is 58.2 Å². The first-order valence-corrected chi connectivity index (χ1v) is 9.39. The maximum Gasteiger partial charge on any atom is 0.230 e. The minimum absolute atomic E-state index is 0.0538. The van der Waals surface area contributed by atoms with Crippen LogP contribution in [0.5, 0.6) is 0 Å². The van der Waals surface area contributed by atoms with E-state index < -0.39 is 0 Å². The van der Waals surface area contributed by atoms with E-state index in [1.54, 1.807) is 0 Å². The predicted octanol–water partition coefficient (Wildman–Crippen LogP) is 3.59. The van der Waals surface area contributed by atoms with Gasteiger partial charge in [0.05, 0.1) is 5.75 Å². The highest BCUT2D eigenvalue weighted by molar-refractivity contribution is 8.00. The van der Waals surface area contributed by atoms with E-state index in [1.807, 2.05) is 30.3 Å². The number of amides is 2. The lowest BCUT2D eigenvalue weighted by molar-refractivity contribution is -0.118. The fourth-order valence-corrected chi connectivity index (χ4v) is 3.54. The van der Waals surface area contributed by atoms with Crippen LogP contribution in [-0.2, 0) is 15.0 Å². The first-order chi connectivity index (χ1) is 12.1. The van der Waals surface area contributed by atoms with Crippen LogP contribution in [0.1, 0.15) is 25.3 Å². The molecule has 1 saturated carbocycles. The third-order valence-corrected chi connectivity index (χ3v) is 5.42. The number of carbonyl (C=O) groups excluding carboxylic acids is 2. The largest absolute Gasteiger partial charge is 0.354 e. The van der Waals surface area contributed by atoms with Gasteiger partial charge in [-0.3, -0.25) is 9.59 Å². The maximum atomic E-state index is 12.1. The Balaban J connectivity index is 1.45. The monoisotopic (exact) mass is 354 g/mol. The van der Waals surface area contributed by atoms with E-state index in [1.165, 1.54) is 24.2 Å². The van der Waals surface area contributed by atoms with Crippen LogP contribution in [0.3, 0.4) is 0 Å². The van der Waals surface area contributed by atoms with Crippen molar-refractivity contribution in [3.05, 3.63) is 60.2 Å². The Kier molecular flexibility index (Phi) is 5.43. The Bertz CT molecular complexity index is 740. The molecule has 1 aliphatic rings. The smallest absolute Gasteiger partial charge is 0.230 e. The molecular formula is C20H22N2O2S. The van der Waals surface area contributed by atoms with Crippen molar-refractivity contribution in [1.82, 2.24) is 5.32 Å². The van der Waals surface area contributed by atoms with Gasteiger partial charge in [0, 0.05) is 29.5 Å². The minimum Gasteiger partial charge on any atom is -0.354 e. The van der Waals surface area contributed by atoms with Gasteiger partial charge in [-0.05, 0) is 42.7 Å². The third-order valence-electron chi connectivity index (χ3n) is 4.41. The van der Waals surface area contributed by atoms with Crippen LogP contribution in [0.4, 0.5) is 5.69 Å². The average molecular weight is 354 g/mol. The van der Waals surface area contributed by atoms with Gasteiger partial charge in [-0.1, -0.05) is 30.3 Å². The van der Waals surface area contributed by atoms with Crippen molar-refractivity contribution >= 4 is 29.3 Å². The van der Waals surface area contributed by atoms with Crippen molar-refractivity contribution in [2.75, 3.05) is 17.6 Å². The van der Waals surface area contributed by atoms with Gasteiger partial charge in [-0.25, -0.2) is 0 Å². The van der Waals surface area contributed by atoms with E-state index in [0.29, 0.717) is 12.3 Å². The van der Waals surface area contributed by atoms with Gasteiger partial charge in [0.1, 0.15) is 0 Å². The summed E-state index contributed by atoms with van der Waals surface area (Å²) in [6, 6.07) is 17.9. The van der Waals surface area contributed by atoms with Crippen molar-refractivity contribution in [3.63, 3.8) is 0 Å². The molecule has 2 N–H and O–H groups in total. The third kappa shape index (κ3) is 4.86. The molecule has 5 heteroatoms. The molecule has 3 rings (SSSR count). The molecular weight excluding hydrogens is 332 g/mol. The first-order valence-electron chi connectivity index (χ1n) is 8.40. The van der Waals surface area contributed by atoms with Crippen molar-refractivity contribution in [3.8, 4) is 0 Å². The maximum absolute atomic E-state index is 12.1. The highest BCUT2D eigenvalue weighted by Crippen LogP contribution is 2.47. The highest BCUT2D eigenvalue weighted by Gasteiger charge is 2.44. The number of anilines is 1. The number of nitrogens with one attached hydrogen (secondary N) is 2. The molecule has 0 radical (unpaired) electrons. The van der Waals surface area contributed by atoms with Gasteiger partial charge < -0.3 is 10.6 Å². The molecule has 1 fully saturated rings. The van der Waals surface area contributed by atoms with Gasteiger partial charge >= 0.3 is 0 Å². The quantitative estimate of drug-likeness (QED) is 0.747. The SMILES string of the molecule is CC(=O)Nc1ccc(SCC(=O)NCC2(c3ccccc3)CC2)cc1. The molecule has 0 aromatic heterocycles. The van der Waals surface area contributed by atoms with Crippen molar-refractivity contribution in [2.24, 2.45) is 0 Å². The lowest BCUT2D eigenvalue weighted by Gasteiger charge is -2.16. The Labute approximate surface area is 152 Å². The van der Waals surface area contributed by atoms with Crippen molar-refractivity contribution in [2.45, 2.75) is 30.1 Å². The van der Waals surface area contributed by atoms with E-state index in [2.05, 4.69) is 34.9 Å². The molecule has 0 heterocycles. The summed E-state index contributed by atoms with van der Waals surface area (Å²) in [6.07, 6.45) is 2.27. The Hall–Kier alpha value is -2.27. The molecule has 0 saturated heterocycles. The van der Waals surface area contributed by atoms with Crippen LogP contribution in [-0.4, -0.2) is 24.1 Å². The number of hydrogen-bond acceptors (Lipinski definition) is 3. The summed E-state index contributed by atoms with van der Waals surface area (Å²) in [5.74, 6) is 0.356. The van der Waals surface area contributed by atoms with E-state index in [4.69, 9.17) is 0 Å². The van der Waals surface area contributed by atoms with E-state index in [0.717, 1.165) is 23.4 Å². The standard InChI is InChI=1S/C20H22N2O2S/c1-15(23)22-17-7-9-18(10-8-17)25-13-19(24)21-14-20(11-12-20)16-5-3-2-4-6-16/h2-10H,11-14H2,1H3,(H,21,24)(H,22,23). The molecule has 0 bridgehead atoms. The van der Waals surface area contributed by atoms with E-state index in [-0.39, 0.29) is 17.2 Å². The highest BCUT2D eigenvalue weighted by atomic mass is 32.2. The lowest BCUT2D eigenvalue weighted by atomic mass is 9.96. The zero-order valence-corrected chi connectivity index (χ0v) is 15.1. The van der Waals surface area contributed by atoms with Gasteiger partial charge in [0.25, 0.3) is 0 Å². The number of carbonyl (C=O) groups is 2. The lowest BCUT2D eigenvalue weighted by Crippen LogP contribution is -2.33. The van der Waals surface area contributed by atoms with Crippen LogP contribution >= 0.6 is 11.8 Å². The fourth-order valence-electron chi connectivity index (χ4n) is 2.82. The van der Waals surface area contributed by atoms with Gasteiger partial charge in [0.15, 0.2) is 0 Å². The summed E-state index contributed by atoms with van der Waals surface area (Å²) in [6.45, 7) is 2.19. The molecule has 0 spiro atoms. The van der Waals surface area contributed by atoms with Gasteiger partial charge in [-0.15, -0.1) is 11.8 Å². The zero-order valence-electron chi connectivity index (χ0n) is 14.2. The summed E-state index contributed by atoms with van der Waals surface area (Å²) >= 11 is 1.50. The summed E-state index contributed by atoms with van der Waals surface area (Å²) in [5, 5.41) is 5.80. The van der Waals surface area contributed by atoms with Gasteiger partial charge in [0.2, 0.25) is 11.8 Å². The van der Waals surface area contributed by atoms with E-state index in [9.17, 15) is 9.59 Å². The Morgan fingerprint density at radius 1 is 1.04 bits per heavy atom. The minimum atomic E-state index is -0.0906. The zero-order chi connectivity index (χ0) is 17.7. The second-order valence-electron chi connectivity index (χ2n) is 6.42. The molecule has 25 heavy (non-hydrogen) atoms. The van der Waals surface area contributed by atoms with Crippen LogP contribution in [0.15, 0.2) is 59.5 Å². The Morgan fingerprint density at radius 3 is 2.32 bits per heavy atom. The van der Waals surface area contributed by atoms with Crippen LogP contribution in [0.2, 0.25) is 0 Å². The number of rotatable bonds is 7. The van der Waals surface area contributed by atoms with Crippen LogP contribution in [0.25, 0.3) is 0 Å². The van der Waals surface area contributed by atoms with E-state index >= 15 is 0 Å². The second kappa shape index (κ2) is 7.74. The van der Waals surface area contributed by atoms with Gasteiger partial charge in [-0.2, -0.15) is 0 Å². The normalized spacial score (nSPS) is 14.6. The molecule has 130 valence electrons. The molecule has 0 aliphatic heterocycles. The molecule has 2 aromatic rings.